The van der Waals surface area contributed by atoms with Crippen molar-refractivity contribution >= 4 is 58.2 Å². The fourth-order valence-electron chi connectivity index (χ4n) is 2.46. The number of allylic oxidation sites excluding steroid dienone is 1. The van der Waals surface area contributed by atoms with E-state index in [-0.39, 0.29) is 18.3 Å². The minimum atomic E-state index is -0.244. The van der Waals surface area contributed by atoms with Crippen LogP contribution in [0.1, 0.15) is 5.82 Å². The largest absolute Gasteiger partial charge is 0.484 e. The van der Waals surface area contributed by atoms with Gasteiger partial charge in [0.1, 0.15) is 12.4 Å². The van der Waals surface area contributed by atoms with Gasteiger partial charge in [-0.3, -0.25) is 9.36 Å². The van der Waals surface area contributed by atoms with Crippen LogP contribution in [0.4, 0.5) is 5.69 Å². The number of benzene rings is 2. The molecule has 156 valence electrons. The zero-order chi connectivity index (χ0) is 21.5. The quantitative estimate of drug-likeness (QED) is 0.311. The highest BCUT2D eigenvalue weighted by Crippen LogP contribution is 2.27. The zero-order valence-corrected chi connectivity index (χ0v) is 18.7. The Balaban J connectivity index is 1.64. The number of nitrogens with one attached hydrogen (secondary N) is 1. The van der Waals surface area contributed by atoms with Crippen molar-refractivity contribution in [3.8, 4) is 5.75 Å². The Morgan fingerprint density at radius 3 is 2.73 bits per heavy atom. The van der Waals surface area contributed by atoms with Crippen molar-refractivity contribution in [3.05, 3.63) is 76.0 Å². The van der Waals surface area contributed by atoms with Crippen molar-refractivity contribution in [1.29, 1.82) is 0 Å². The lowest BCUT2D eigenvalue weighted by Crippen LogP contribution is -2.15. The van der Waals surface area contributed by atoms with E-state index in [0.717, 1.165) is 0 Å². The van der Waals surface area contributed by atoms with Crippen molar-refractivity contribution in [1.82, 2.24) is 14.8 Å². The average Bonchev–Trinajstić information content (AvgIpc) is 3.10. The number of carbonyl (C=O) groups excluding carboxylic acids is 1. The average molecular weight is 484 g/mol. The molecule has 2 aromatic carbocycles. The number of rotatable bonds is 9. The molecule has 3 rings (SSSR count). The number of thioether (sulfide) groups is 1. The van der Waals surface area contributed by atoms with Crippen LogP contribution in [0, 0.1) is 0 Å². The molecule has 1 heterocycles. The zero-order valence-electron chi connectivity index (χ0n) is 15.6. The molecule has 0 aliphatic carbocycles. The Kier molecular flexibility index (Phi) is 8.04. The molecule has 30 heavy (non-hydrogen) atoms. The number of para-hydroxylation sites is 1. The van der Waals surface area contributed by atoms with Crippen molar-refractivity contribution in [2.24, 2.45) is 0 Å². The van der Waals surface area contributed by atoms with E-state index in [4.69, 9.17) is 39.5 Å². The summed E-state index contributed by atoms with van der Waals surface area (Å²) in [6.45, 7) is 4.41. The molecule has 0 aliphatic heterocycles. The molecule has 0 saturated carbocycles. The van der Waals surface area contributed by atoms with Crippen LogP contribution in [-0.2, 0) is 17.9 Å². The summed E-state index contributed by atoms with van der Waals surface area (Å²) >= 11 is 19.4. The second-order valence-corrected chi connectivity index (χ2v) is 8.17. The molecule has 0 fully saturated rings. The third-order valence-corrected chi connectivity index (χ3v) is 5.68. The van der Waals surface area contributed by atoms with Gasteiger partial charge in [-0.2, -0.15) is 0 Å². The molecular formula is C20H17Cl3N4O2S. The molecule has 0 spiro atoms. The maximum atomic E-state index is 12.3. The highest BCUT2D eigenvalue weighted by Gasteiger charge is 2.15. The lowest BCUT2D eigenvalue weighted by Gasteiger charge is -2.10. The number of halogens is 3. The molecule has 0 unspecified atom stereocenters. The Bertz CT molecular complexity index is 1060. The van der Waals surface area contributed by atoms with Gasteiger partial charge in [0.15, 0.2) is 11.0 Å². The van der Waals surface area contributed by atoms with E-state index in [1.165, 1.54) is 11.8 Å². The number of amides is 1. The second-order valence-electron chi connectivity index (χ2n) is 5.98. The van der Waals surface area contributed by atoms with E-state index in [2.05, 4.69) is 22.1 Å². The van der Waals surface area contributed by atoms with Gasteiger partial charge < -0.3 is 10.1 Å². The first kappa shape index (κ1) is 22.5. The van der Waals surface area contributed by atoms with E-state index in [1.807, 2.05) is 16.7 Å². The van der Waals surface area contributed by atoms with Crippen LogP contribution in [0.3, 0.4) is 0 Å². The van der Waals surface area contributed by atoms with Crippen LogP contribution >= 0.6 is 46.6 Å². The Morgan fingerprint density at radius 1 is 1.17 bits per heavy atom. The summed E-state index contributed by atoms with van der Waals surface area (Å²) in [6, 6.07) is 12.1. The third-order valence-electron chi connectivity index (χ3n) is 3.83. The van der Waals surface area contributed by atoms with E-state index >= 15 is 0 Å². The predicted molar refractivity (Wildman–Crippen MR) is 122 cm³/mol. The summed E-state index contributed by atoms with van der Waals surface area (Å²) in [7, 11) is 0. The van der Waals surface area contributed by atoms with Gasteiger partial charge in [0, 0.05) is 11.6 Å². The summed E-state index contributed by atoms with van der Waals surface area (Å²) in [5.74, 6) is 1.02. The maximum Gasteiger partial charge on any atom is 0.234 e. The van der Waals surface area contributed by atoms with Crippen molar-refractivity contribution in [2.45, 2.75) is 18.3 Å². The SMILES string of the molecule is C=CCn1c(COc2ccccc2Cl)nnc1SCC(=O)Nc1cc(Cl)ccc1Cl. The smallest absolute Gasteiger partial charge is 0.234 e. The first-order valence-electron chi connectivity index (χ1n) is 8.76. The van der Waals surface area contributed by atoms with Crippen LogP contribution in [0.2, 0.25) is 15.1 Å². The molecule has 0 atom stereocenters. The molecule has 1 aromatic heterocycles. The summed E-state index contributed by atoms with van der Waals surface area (Å²) in [5.41, 5.74) is 0.455. The molecule has 10 heteroatoms. The van der Waals surface area contributed by atoms with Crippen molar-refractivity contribution in [2.75, 3.05) is 11.1 Å². The van der Waals surface area contributed by atoms with Gasteiger partial charge in [0.25, 0.3) is 0 Å². The fraction of sp³-hybridized carbons (Fsp3) is 0.150. The minimum Gasteiger partial charge on any atom is -0.484 e. The summed E-state index contributed by atoms with van der Waals surface area (Å²) in [4.78, 5) is 12.3. The highest BCUT2D eigenvalue weighted by atomic mass is 35.5. The van der Waals surface area contributed by atoms with Gasteiger partial charge >= 0.3 is 0 Å². The first-order chi connectivity index (χ1) is 14.5. The summed E-state index contributed by atoms with van der Waals surface area (Å²) < 4.78 is 7.57. The normalized spacial score (nSPS) is 10.6. The van der Waals surface area contributed by atoms with Gasteiger partial charge in [0.05, 0.1) is 21.5 Å². The van der Waals surface area contributed by atoms with Crippen LogP contribution in [0.25, 0.3) is 0 Å². The number of hydrogen-bond donors (Lipinski definition) is 1. The third kappa shape index (κ3) is 5.92. The van der Waals surface area contributed by atoms with E-state index < -0.39 is 0 Å². The van der Waals surface area contributed by atoms with Crippen LogP contribution < -0.4 is 10.1 Å². The van der Waals surface area contributed by atoms with E-state index in [1.54, 1.807) is 36.4 Å². The van der Waals surface area contributed by atoms with Gasteiger partial charge in [-0.05, 0) is 30.3 Å². The second kappa shape index (κ2) is 10.7. The monoisotopic (exact) mass is 482 g/mol. The molecule has 6 nitrogen and oxygen atoms in total. The maximum absolute atomic E-state index is 12.3. The molecule has 1 amide bonds. The molecule has 0 aliphatic rings. The van der Waals surface area contributed by atoms with Crippen LogP contribution in [-0.4, -0.2) is 26.4 Å². The number of aromatic nitrogens is 3. The number of anilines is 1. The Hall–Kier alpha value is -2.19. The molecule has 3 aromatic rings. The summed E-state index contributed by atoms with van der Waals surface area (Å²) in [6.07, 6.45) is 1.72. The van der Waals surface area contributed by atoms with Gasteiger partial charge in [-0.15, -0.1) is 16.8 Å². The van der Waals surface area contributed by atoms with E-state index in [9.17, 15) is 4.79 Å². The number of carbonyl (C=O) groups is 1. The van der Waals surface area contributed by atoms with Crippen molar-refractivity contribution in [3.63, 3.8) is 0 Å². The Morgan fingerprint density at radius 2 is 1.97 bits per heavy atom. The lowest BCUT2D eigenvalue weighted by molar-refractivity contribution is -0.113. The fourth-order valence-corrected chi connectivity index (χ4v) is 3.75. The van der Waals surface area contributed by atoms with Crippen LogP contribution in [0.5, 0.6) is 5.75 Å². The topological polar surface area (TPSA) is 69.0 Å². The van der Waals surface area contributed by atoms with Gasteiger partial charge in [-0.25, -0.2) is 0 Å². The minimum absolute atomic E-state index is 0.115. The molecular weight excluding hydrogens is 467 g/mol. The molecule has 0 radical (unpaired) electrons. The van der Waals surface area contributed by atoms with Gasteiger partial charge in [0.2, 0.25) is 5.91 Å². The van der Waals surface area contributed by atoms with Crippen LogP contribution in [0.15, 0.2) is 60.3 Å². The standard InChI is InChI=1S/C20H17Cl3N4O2S/c1-2-9-27-18(11-29-17-6-4-3-5-15(17)23)25-26-20(27)30-12-19(28)24-16-10-13(21)7-8-14(16)22/h2-8,10H,1,9,11-12H2,(H,24,28). The molecule has 0 saturated heterocycles. The first-order valence-corrected chi connectivity index (χ1v) is 10.9. The lowest BCUT2D eigenvalue weighted by atomic mass is 10.3. The van der Waals surface area contributed by atoms with E-state index in [0.29, 0.717) is 44.0 Å². The number of hydrogen-bond acceptors (Lipinski definition) is 5. The number of ether oxygens (including phenoxy) is 1. The number of nitrogens with zero attached hydrogens (tertiary/aromatic N) is 3. The summed E-state index contributed by atoms with van der Waals surface area (Å²) in [5, 5.41) is 13.1. The Labute approximate surface area is 193 Å². The van der Waals surface area contributed by atoms with Crippen molar-refractivity contribution < 1.29 is 9.53 Å². The van der Waals surface area contributed by atoms with Gasteiger partial charge in [-0.1, -0.05) is 64.8 Å². The highest BCUT2D eigenvalue weighted by molar-refractivity contribution is 7.99. The predicted octanol–water partition coefficient (Wildman–Crippen LogP) is 5.73. The molecule has 1 N–H and O–H groups in total. The molecule has 0 bridgehead atoms.